The number of carbonyl (C=O) groups is 1. The Bertz CT molecular complexity index is 1250. The van der Waals surface area contributed by atoms with Crippen molar-refractivity contribution in [3.05, 3.63) is 77.0 Å². The highest BCUT2D eigenvalue weighted by atomic mass is 35.5. The molecule has 1 fully saturated rings. The summed E-state index contributed by atoms with van der Waals surface area (Å²) in [5.41, 5.74) is 5.68. The van der Waals surface area contributed by atoms with Gasteiger partial charge < -0.3 is 15.2 Å². The molecule has 0 radical (unpaired) electrons. The second-order valence-corrected chi connectivity index (χ2v) is 10.1. The van der Waals surface area contributed by atoms with Gasteiger partial charge in [0.15, 0.2) is 0 Å². The summed E-state index contributed by atoms with van der Waals surface area (Å²) < 4.78 is 0. The monoisotopic (exact) mass is 502 g/mol. The fourth-order valence-electron chi connectivity index (χ4n) is 5.62. The molecule has 0 spiro atoms. The first-order valence-electron chi connectivity index (χ1n) is 13.0. The fraction of sp³-hybridized carbons (Fsp3) is 0.400. The van der Waals surface area contributed by atoms with Gasteiger partial charge in [-0.1, -0.05) is 12.1 Å². The average molecular weight is 503 g/mol. The molecule has 0 bridgehead atoms. The molecular weight excluding hydrogens is 468 g/mol. The van der Waals surface area contributed by atoms with E-state index in [4.69, 9.17) is 5.26 Å². The second-order valence-electron chi connectivity index (χ2n) is 10.1. The molecule has 1 aliphatic carbocycles. The number of nitrogens with one attached hydrogen (secondary N) is 2. The molecule has 2 aromatic carbocycles. The van der Waals surface area contributed by atoms with Crippen LogP contribution in [-0.4, -0.2) is 41.5 Å². The molecule has 36 heavy (non-hydrogen) atoms. The Morgan fingerprint density at radius 2 is 1.86 bits per heavy atom. The lowest BCUT2D eigenvalue weighted by molar-refractivity contribution is -0.117. The van der Waals surface area contributed by atoms with Gasteiger partial charge in [0.2, 0.25) is 5.91 Å². The number of rotatable bonds is 6. The first-order valence-corrected chi connectivity index (χ1v) is 13.0. The highest BCUT2D eigenvalue weighted by molar-refractivity contribution is 5.92. The van der Waals surface area contributed by atoms with Crippen LogP contribution in [0.5, 0.6) is 0 Å². The summed E-state index contributed by atoms with van der Waals surface area (Å²) in [6.45, 7) is 3.33. The number of hydrogen-bond acceptors (Lipinski definition) is 3. The van der Waals surface area contributed by atoms with E-state index in [2.05, 4.69) is 39.5 Å². The molecule has 2 N–H and O–H groups in total. The van der Waals surface area contributed by atoms with Gasteiger partial charge in [0, 0.05) is 36.9 Å². The van der Waals surface area contributed by atoms with Crippen LogP contribution in [-0.2, 0) is 17.6 Å². The maximum absolute atomic E-state index is 12.4. The Labute approximate surface area is 220 Å². The molecule has 5 rings (SSSR count). The van der Waals surface area contributed by atoms with Crippen LogP contribution in [0, 0.1) is 17.2 Å². The molecule has 0 saturated heterocycles. The van der Waals surface area contributed by atoms with Gasteiger partial charge in [-0.05, 0) is 116 Å². The number of H-pyrrole nitrogens is 1. The molecule has 0 unspecified atom stereocenters. The van der Waals surface area contributed by atoms with Gasteiger partial charge in [0.05, 0.1) is 11.6 Å². The van der Waals surface area contributed by atoms with E-state index in [1.54, 1.807) is 6.08 Å². The molecule has 5 nitrogen and oxygen atoms in total. The molecule has 1 aromatic heterocycles. The number of carbonyl (C=O) groups excluding carboxylic acids is 1. The number of benzene rings is 2. The Morgan fingerprint density at radius 1 is 1.06 bits per heavy atom. The number of hydrogen-bond donors (Lipinski definition) is 2. The Morgan fingerprint density at radius 3 is 2.67 bits per heavy atom. The predicted molar refractivity (Wildman–Crippen MR) is 148 cm³/mol. The molecule has 6 heteroatoms. The molecule has 3 aromatic rings. The molecule has 1 amide bonds. The smallest absolute Gasteiger partial charge is 0.244 e. The zero-order chi connectivity index (χ0) is 24.0. The number of fused-ring (bicyclic) bond motifs is 2. The van der Waals surface area contributed by atoms with Crippen molar-refractivity contribution in [2.24, 2.45) is 5.92 Å². The van der Waals surface area contributed by atoms with E-state index in [0.717, 1.165) is 73.3 Å². The lowest BCUT2D eigenvalue weighted by atomic mass is 9.84. The van der Waals surface area contributed by atoms with Gasteiger partial charge in [-0.2, -0.15) is 5.26 Å². The van der Waals surface area contributed by atoms with Crippen molar-refractivity contribution in [3.8, 4) is 6.07 Å². The quantitative estimate of drug-likeness (QED) is 0.428. The van der Waals surface area contributed by atoms with Gasteiger partial charge in [0.25, 0.3) is 0 Å². The Hall–Kier alpha value is -3.07. The normalized spacial score (nSPS) is 20.3. The zero-order valence-electron chi connectivity index (χ0n) is 20.7. The van der Waals surface area contributed by atoms with Crippen LogP contribution in [0.4, 0.5) is 0 Å². The van der Waals surface area contributed by atoms with Crippen LogP contribution in [0.2, 0.25) is 0 Å². The average Bonchev–Trinajstić information content (AvgIpc) is 3.26. The van der Waals surface area contributed by atoms with Gasteiger partial charge in [0.1, 0.15) is 0 Å². The van der Waals surface area contributed by atoms with Gasteiger partial charge >= 0.3 is 0 Å². The number of nitrogens with zero attached hydrogens (tertiary/aromatic N) is 2. The van der Waals surface area contributed by atoms with E-state index in [1.807, 2.05) is 36.5 Å². The van der Waals surface area contributed by atoms with E-state index in [0.29, 0.717) is 0 Å². The Kier molecular flexibility index (Phi) is 8.85. The van der Waals surface area contributed by atoms with Gasteiger partial charge in [-0.15, -0.1) is 12.4 Å². The van der Waals surface area contributed by atoms with Gasteiger partial charge in [-0.3, -0.25) is 4.79 Å². The highest BCUT2D eigenvalue weighted by Crippen LogP contribution is 2.28. The van der Waals surface area contributed by atoms with Gasteiger partial charge in [-0.25, -0.2) is 0 Å². The maximum Gasteiger partial charge on any atom is 0.244 e. The lowest BCUT2D eigenvalue weighted by Crippen LogP contribution is -2.37. The van der Waals surface area contributed by atoms with Crippen molar-refractivity contribution in [1.29, 1.82) is 5.26 Å². The standard InChI is InChI=1S/C30H34N4O.ClH/c31-21-24-1-6-25-13-17-34(18-14-26(25)20-24)16-12-22-2-7-28(8-3-22)33-30(35)10-5-23-4-9-29-27(19-23)11-15-32-29;/h1,4-6,9-11,15,19-20,22,28,32H,2-3,7-8,12-14,16-18H2,(H,33,35);1H/b10-5+;. The van der Waals surface area contributed by atoms with Crippen LogP contribution < -0.4 is 5.32 Å². The molecule has 2 aliphatic rings. The van der Waals surface area contributed by atoms with Crippen molar-refractivity contribution in [1.82, 2.24) is 15.2 Å². The van der Waals surface area contributed by atoms with Crippen molar-refractivity contribution < 1.29 is 4.79 Å². The molecular formula is C30H35ClN4O. The fourth-order valence-corrected chi connectivity index (χ4v) is 5.62. The topological polar surface area (TPSA) is 71.9 Å². The number of amides is 1. The first kappa shape index (κ1) is 26.0. The summed E-state index contributed by atoms with van der Waals surface area (Å²) >= 11 is 0. The van der Waals surface area contributed by atoms with Crippen LogP contribution in [0.25, 0.3) is 17.0 Å². The van der Waals surface area contributed by atoms with Crippen LogP contribution in [0.1, 0.15) is 54.4 Å². The molecule has 188 valence electrons. The largest absolute Gasteiger partial charge is 0.361 e. The molecule has 0 atom stereocenters. The number of halogens is 1. The molecule has 2 heterocycles. The second kappa shape index (κ2) is 12.3. The van der Waals surface area contributed by atoms with Crippen molar-refractivity contribution >= 4 is 35.3 Å². The van der Waals surface area contributed by atoms with E-state index in [1.165, 1.54) is 30.4 Å². The molecule has 1 aliphatic heterocycles. The maximum atomic E-state index is 12.4. The third-order valence-electron chi connectivity index (χ3n) is 7.78. The lowest BCUT2D eigenvalue weighted by Gasteiger charge is -2.30. The number of aromatic nitrogens is 1. The van der Waals surface area contributed by atoms with E-state index in [9.17, 15) is 4.79 Å². The summed E-state index contributed by atoms with van der Waals surface area (Å²) in [4.78, 5) is 18.2. The first-order chi connectivity index (χ1) is 17.2. The SMILES string of the molecule is Cl.N#Cc1ccc2c(c1)CCN(CCC1CCC(NC(=O)/C=C/c3ccc4[nH]ccc4c3)CC1)CC2. The number of aromatic amines is 1. The number of nitriles is 1. The molecule has 1 saturated carbocycles. The van der Waals surface area contributed by atoms with Crippen LogP contribution >= 0.6 is 12.4 Å². The summed E-state index contributed by atoms with van der Waals surface area (Å²) in [6, 6.07) is 16.9. The minimum atomic E-state index is 0. The van der Waals surface area contributed by atoms with Crippen molar-refractivity contribution in [3.63, 3.8) is 0 Å². The van der Waals surface area contributed by atoms with Crippen LogP contribution in [0.3, 0.4) is 0 Å². The third kappa shape index (κ3) is 6.57. The predicted octanol–water partition coefficient (Wildman–Crippen LogP) is 5.64. The minimum Gasteiger partial charge on any atom is -0.361 e. The highest BCUT2D eigenvalue weighted by Gasteiger charge is 2.23. The van der Waals surface area contributed by atoms with E-state index >= 15 is 0 Å². The Balaban J connectivity index is 0.00000304. The van der Waals surface area contributed by atoms with E-state index in [-0.39, 0.29) is 24.4 Å². The summed E-state index contributed by atoms with van der Waals surface area (Å²) in [6.07, 6.45) is 13.4. The third-order valence-corrected chi connectivity index (χ3v) is 7.78. The van der Waals surface area contributed by atoms with Crippen molar-refractivity contribution in [2.45, 2.75) is 51.0 Å². The van der Waals surface area contributed by atoms with Crippen LogP contribution in [0.15, 0.2) is 54.7 Å². The zero-order valence-corrected chi connectivity index (χ0v) is 21.5. The summed E-state index contributed by atoms with van der Waals surface area (Å²) in [7, 11) is 0. The summed E-state index contributed by atoms with van der Waals surface area (Å²) in [5.74, 6) is 0.758. The van der Waals surface area contributed by atoms with Crippen molar-refractivity contribution in [2.75, 3.05) is 19.6 Å². The summed E-state index contributed by atoms with van der Waals surface area (Å²) in [5, 5.41) is 13.5. The minimum absolute atomic E-state index is 0. The van der Waals surface area contributed by atoms with E-state index < -0.39 is 0 Å².